The molecule has 4 aliphatic heterocycles. The van der Waals surface area contributed by atoms with E-state index < -0.39 is 0 Å². The first kappa shape index (κ1) is 20.3. The molecular weight excluding hydrogens is 397 g/mol. The van der Waals surface area contributed by atoms with Gasteiger partial charge >= 0.3 is 0 Å². The molecule has 3 unspecified atom stereocenters. The highest BCUT2D eigenvalue weighted by molar-refractivity contribution is 5.89. The SMILES string of the molecule is O=C(CCC1=NNC2C3CC(c4ccc(F)cc4)NN3C=CN12)NCCN1CCCC1. The lowest BCUT2D eigenvalue weighted by atomic mass is 9.99. The van der Waals surface area contributed by atoms with Crippen LogP contribution in [0.1, 0.15) is 43.7 Å². The van der Waals surface area contributed by atoms with Gasteiger partial charge in [-0.05, 0) is 50.0 Å². The van der Waals surface area contributed by atoms with Crippen molar-refractivity contribution in [2.75, 3.05) is 26.2 Å². The molecule has 0 spiro atoms. The van der Waals surface area contributed by atoms with Crippen molar-refractivity contribution < 1.29 is 9.18 Å². The Kier molecular flexibility index (Phi) is 5.78. The Morgan fingerprint density at radius 1 is 1.19 bits per heavy atom. The summed E-state index contributed by atoms with van der Waals surface area (Å²) in [5.41, 5.74) is 7.81. The third-order valence-corrected chi connectivity index (χ3v) is 6.61. The van der Waals surface area contributed by atoms with Gasteiger partial charge in [-0.1, -0.05) is 12.1 Å². The molecule has 9 heteroatoms. The van der Waals surface area contributed by atoms with Crippen molar-refractivity contribution in [3.05, 3.63) is 48.0 Å². The Morgan fingerprint density at radius 2 is 2.00 bits per heavy atom. The van der Waals surface area contributed by atoms with Gasteiger partial charge in [-0.15, -0.1) is 0 Å². The van der Waals surface area contributed by atoms with Crippen LogP contribution in [-0.2, 0) is 4.79 Å². The second-order valence-electron chi connectivity index (χ2n) is 8.65. The quantitative estimate of drug-likeness (QED) is 0.612. The van der Waals surface area contributed by atoms with Gasteiger partial charge in [-0.25, -0.2) is 9.82 Å². The van der Waals surface area contributed by atoms with E-state index in [9.17, 15) is 9.18 Å². The number of carbonyl (C=O) groups excluding carboxylic acids is 1. The topological polar surface area (TPSA) is 75.2 Å². The van der Waals surface area contributed by atoms with Crippen LogP contribution in [0.4, 0.5) is 4.39 Å². The van der Waals surface area contributed by atoms with E-state index in [0.717, 1.165) is 37.5 Å². The molecule has 8 nitrogen and oxygen atoms in total. The minimum atomic E-state index is -0.221. The number of fused-ring (bicyclic) bond motifs is 3. The number of nitrogens with zero attached hydrogens (tertiary/aromatic N) is 4. The maximum atomic E-state index is 13.3. The van der Waals surface area contributed by atoms with Gasteiger partial charge < -0.3 is 20.1 Å². The third kappa shape index (κ3) is 4.38. The van der Waals surface area contributed by atoms with Gasteiger partial charge in [-0.2, -0.15) is 5.10 Å². The number of halogens is 1. The molecule has 2 saturated heterocycles. The molecule has 1 amide bonds. The highest BCUT2D eigenvalue weighted by Crippen LogP contribution is 2.34. The molecule has 1 aromatic carbocycles. The van der Waals surface area contributed by atoms with Crippen LogP contribution in [0.15, 0.2) is 41.8 Å². The molecule has 0 radical (unpaired) electrons. The Bertz CT molecular complexity index is 852. The Labute approximate surface area is 182 Å². The standard InChI is InChI=1S/C22H30FN7O/c23-17-5-3-16(4-6-17)18-15-19-22-26-25-20(29(22)13-14-30(19)27-18)7-8-21(31)24-9-12-28-10-1-2-11-28/h3-6,13-14,18-19,22,26-27H,1-2,7-12,15H2,(H,24,31). The molecule has 166 valence electrons. The van der Waals surface area contributed by atoms with E-state index in [0.29, 0.717) is 19.4 Å². The second kappa shape index (κ2) is 8.84. The molecule has 4 heterocycles. The fraction of sp³-hybridized carbons (Fsp3) is 0.545. The summed E-state index contributed by atoms with van der Waals surface area (Å²) in [4.78, 5) is 16.8. The zero-order valence-corrected chi connectivity index (χ0v) is 17.6. The molecule has 1 aromatic rings. The maximum absolute atomic E-state index is 13.3. The van der Waals surface area contributed by atoms with Gasteiger partial charge in [0.15, 0.2) is 0 Å². The lowest BCUT2D eigenvalue weighted by molar-refractivity contribution is -0.121. The van der Waals surface area contributed by atoms with Crippen molar-refractivity contribution in [1.29, 1.82) is 0 Å². The van der Waals surface area contributed by atoms with Crippen LogP contribution < -0.4 is 16.2 Å². The first-order chi connectivity index (χ1) is 15.2. The van der Waals surface area contributed by atoms with Crippen LogP contribution in [0.25, 0.3) is 0 Å². The minimum absolute atomic E-state index is 0.0242. The fourth-order valence-electron chi connectivity index (χ4n) is 4.90. The van der Waals surface area contributed by atoms with Crippen LogP contribution in [-0.4, -0.2) is 64.9 Å². The minimum Gasteiger partial charge on any atom is -0.355 e. The molecule has 3 atom stereocenters. The zero-order valence-electron chi connectivity index (χ0n) is 17.6. The van der Waals surface area contributed by atoms with Crippen molar-refractivity contribution in [1.82, 2.24) is 31.0 Å². The number of nitrogens with one attached hydrogen (secondary N) is 3. The number of amidine groups is 1. The average molecular weight is 428 g/mol. The monoisotopic (exact) mass is 427 g/mol. The van der Waals surface area contributed by atoms with Crippen LogP contribution in [0, 0.1) is 5.82 Å². The average Bonchev–Trinajstić information content (AvgIpc) is 3.51. The van der Waals surface area contributed by atoms with Gasteiger partial charge in [0.1, 0.15) is 17.8 Å². The van der Waals surface area contributed by atoms with Gasteiger partial charge in [0.25, 0.3) is 0 Å². The highest BCUT2D eigenvalue weighted by atomic mass is 19.1. The largest absolute Gasteiger partial charge is 0.355 e. The third-order valence-electron chi connectivity index (χ3n) is 6.61. The van der Waals surface area contributed by atoms with Gasteiger partial charge in [0.05, 0.1) is 12.1 Å². The van der Waals surface area contributed by atoms with Crippen molar-refractivity contribution in [3.63, 3.8) is 0 Å². The van der Waals surface area contributed by atoms with E-state index in [2.05, 4.69) is 36.1 Å². The van der Waals surface area contributed by atoms with Crippen molar-refractivity contribution in [2.24, 2.45) is 5.10 Å². The molecule has 0 aromatic heterocycles. The number of likely N-dealkylation sites (tertiary alicyclic amines) is 1. The van der Waals surface area contributed by atoms with E-state index >= 15 is 0 Å². The number of carbonyl (C=O) groups is 1. The van der Waals surface area contributed by atoms with E-state index in [4.69, 9.17) is 0 Å². The van der Waals surface area contributed by atoms with Gasteiger partial charge in [0, 0.05) is 38.3 Å². The van der Waals surface area contributed by atoms with Crippen LogP contribution in [0.2, 0.25) is 0 Å². The van der Waals surface area contributed by atoms with Gasteiger partial charge in [-0.3, -0.25) is 10.2 Å². The summed E-state index contributed by atoms with van der Waals surface area (Å²) in [5.74, 6) is 0.744. The zero-order chi connectivity index (χ0) is 21.2. The number of hydrazone groups is 1. The molecule has 3 N–H and O–H groups in total. The molecule has 5 rings (SSSR count). The fourth-order valence-corrected chi connectivity index (χ4v) is 4.90. The Hall–Kier alpha value is -2.65. The van der Waals surface area contributed by atoms with E-state index in [-0.39, 0.29) is 30.0 Å². The van der Waals surface area contributed by atoms with Crippen molar-refractivity contribution >= 4 is 11.7 Å². The molecule has 31 heavy (non-hydrogen) atoms. The van der Waals surface area contributed by atoms with Crippen molar-refractivity contribution in [2.45, 2.75) is 50.4 Å². The maximum Gasteiger partial charge on any atom is 0.220 e. The first-order valence-electron chi connectivity index (χ1n) is 11.3. The molecule has 2 fully saturated rings. The lowest BCUT2D eigenvalue weighted by Gasteiger charge is -2.37. The summed E-state index contributed by atoms with van der Waals surface area (Å²) in [7, 11) is 0. The number of rotatable bonds is 7. The van der Waals surface area contributed by atoms with E-state index in [1.54, 1.807) is 0 Å². The van der Waals surface area contributed by atoms with Gasteiger partial charge in [0.2, 0.25) is 5.91 Å². The number of benzene rings is 1. The summed E-state index contributed by atoms with van der Waals surface area (Å²) in [5, 5.41) is 9.65. The van der Waals surface area contributed by atoms with Crippen LogP contribution in [0.3, 0.4) is 0 Å². The van der Waals surface area contributed by atoms with Crippen LogP contribution >= 0.6 is 0 Å². The smallest absolute Gasteiger partial charge is 0.220 e. The predicted octanol–water partition coefficient (Wildman–Crippen LogP) is 1.47. The molecule has 0 saturated carbocycles. The Morgan fingerprint density at radius 3 is 2.81 bits per heavy atom. The number of hydrazine groups is 1. The Balaban J connectivity index is 1.11. The first-order valence-corrected chi connectivity index (χ1v) is 11.3. The predicted molar refractivity (Wildman–Crippen MR) is 116 cm³/mol. The van der Waals surface area contributed by atoms with Crippen molar-refractivity contribution in [3.8, 4) is 0 Å². The molecule has 0 aliphatic carbocycles. The lowest BCUT2D eigenvalue weighted by Crippen LogP contribution is -2.54. The molecule has 4 aliphatic rings. The highest BCUT2D eigenvalue weighted by Gasteiger charge is 2.44. The van der Waals surface area contributed by atoms with E-state index in [1.807, 2.05) is 24.5 Å². The number of amides is 1. The summed E-state index contributed by atoms with van der Waals surface area (Å²) < 4.78 is 13.3. The molecule has 0 bridgehead atoms. The summed E-state index contributed by atoms with van der Waals surface area (Å²) >= 11 is 0. The summed E-state index contributed by atoms with van der Waals surface area (Å²) in [6, 6.07) is 6.99. The van der Waals surface area contributed by atoms with E-state index in [1.165, 1.54) is 25.0 Å². The van der Waals surface area contributed by atoms with Crippen LogP contribution in [0.5, 0.6) is 0 Å². The number of hydrogen-bond acceptors (Lipinski definition) is 7. The summed E-state index contributed by atoms with van der Waals surface area (Å²) in [6.45, 7) is 3.94. The number of hydrogen-bond donors (Lipinski definition) is 3. The normalized spacial score (nSPS) is 27.1. The summed E-state index contributed by atoms with van der Waals surface area (Å²) in [6.07, 6.45) is 8.50. The second-order valence-corrected chi connectivity index (χ2v) is 8.65. The molecular formula is C22H30FN7O.